The van der Waals surface area contributed by atoms with Crippen LogP contribution in [0.5, 0.6) is 5.75 Å². The number of nitrogens with zero attached hydrogens (tertiary/aromatic N) is 3. The summed E-state index contributed by atoms with van der Waals surface area (Å²) in [4.78, 5) is 14.4. The van der Waals surface area contributed by atoms with Gasteiger partial charge in [0.15, 0.2) is 0 Å². The number of hydrogen-bond donors (Lipinski definition) is 1. The maximum Gasteiger partial charge on any atom is 0.249 e. The van der Waals surface area contributed by atoms with Crippen molar-refractivity contribution in [3.63, 3.8) is 0 Å². The first-order chi connectivity index (χ1) is 14.1. The lowest BCUT2D eigenvalue weighted by molar-refractivity contribution is -0.117. The fraction of sp³-hybridized carbons (Fsp3) is 0.286. The van der Waals surface area contributed by atoms with Crippen molar-refractivity contribution in [2.24, 2.45) is 0 Å². The van der Waals surface area contributed by atoms with Crippen molar-refractivity contribution in [3.8, 4) is 17.2 Å². The quantitative estimate of drug-likeness (QED) is 0.563. The molecule has 0 aliphatic carbocycles. The second kappa shape index (κ2) is 10.0. The number of anilines is 1. The Morgan fingerprint density at radius 1 is 1.21 bits per heavy atom. The van der Waals surface area contributed by atoms with E-state index in [-0.39, 0.29) is 12.5 Å². The zero-order valence-corrected chi connectivity index (χ0v) is 17.1. The first kappa shape index (κ1) is 20.8. The van der Waals surface area contributed by atoms with Crippen LogP contribution in [0.4, 0.5) is 5.69 Å². The van der Waals surface area contributed by atoms with Crippen LogP contribution < -0.4 is 10.1 Å². The zero-order valence-electron chi connectivity index (χ0n) is 16.4. The number of carbonyl (C=O) groups excluding carboxylic acids is 1. The van der Waals surface area contributed by atoms with Crippen LogP contribution in [-0.4, -0.2) is 41.2 Å². The van der Waals surface area contributed by atoms with Gasteiger partial charge < -0.3 is 14.5 Å². The van der Waals surface area contributed by atoms with Crippen molar-refractivity contribution in [2.45, 2.75) is 19.9 Å². The van der Waals surface area contributed by atoms with Crippen molar-refractivity contribution in [1.82, 2.24) is 15.1 Å². The third-order valence-corrected chi connectivity index (χ3v) is 4.52. The van der Waals surface area contributed by atoms with Crippen molar-refractivity contribution < 1.29 is 13.9 Å². The Kier molecular flexibility index (Phi) is 7.21. The lowest BCUT2D eigenvalue weighted by atomic mass is 10.2. The largest absolute Gasteiger partial charge is 0.497 e. The molecule has 2 aromatic carbocycles. The number of aromatic nitrogens is 2. The molecule has 0 aliphatic heterocycles. The number of carbonyl (C=O) groups is 1. The van der Waals surface area contributed by atoms with Crippen LogP contribution in [0.3, 0.4) is 0 Å². The van der Waals surface area contributed by atoms with Gasteiger partial charge in [-0.1, -0.05) is 36.7 Å². The van der Waals surface area contributed by atoms with Gasteiger partial charge in [0.1, 0.15) is 5.75 Å². The predicted octanol–water partition coefficient (Wildman–Crippen LogP) is 4.25. The average Bonchev–Trinajstić information content (AvgIpc) is 3.16. The Morgan fingerprint density at radius 3 is 2.79 bits per heavy atom. The molecule has 7 nitrogen and oxygen atoms in total. The summed E-state index contributed by atoms with van der Waals surface area (Å²) in [5.41, 5.74) is 1.37. The van der Waals surface area contributed by atoms with Gasteiger partial charge >= 0.3 is 0 Å². The van der Waals surface area contributed by atoms with Gasteiger partial charge in [-0.15, -0.1) is 10.2 Å². The molecule has 0 saturated heterocycles. The van der Waals surface area contributed by atoms with Crippen LogP contribution >= 0.6 is 11.6 Å². The minimum atomic E-state index is -0.127. The third-order valence-electron chi connectivity index (χ3n) is 4.19. The van der Waals surface area contributed by atoms with E-state index >= 15 is 0 Å². The molecule has 8 heteroatoms. The van der Waals surface area contributed by atoms with E-state index in [1.54, 1.807) is 19.2 Å². The minimum Gasteiger partial charge on any atom is -0.497 e. The lowest BCUT2D eigenvalue weighted by Crippen LogP contribution is -2.33. The fourth-order valence-corrected chi connectivity index (χ4v) is 3.10. The highest BCUT2D eigenvalue weighted by atomic mass is 35.5. The Bertz CT molecular complexity index is 960. The van der Waals surface area contributed by atoms with Gasteiger partial charge in [-0.2, -0.15) is 0 Å². The normalized spacial score (nSPS) is 10.9. The Balaban J connectivity index is 1.64. The molecule has 1 amide bonds. The van der Waals surface area contributed by atoms with Crippen molar-refractivity contribution in [3.05, 3.63) is 59.4 Å². The molecule has 0 aliphatic rings. The van der Waals surface area contributed by atoms with Crippen LogP contribution in [0, 0.1) is 0 Å². The first-order valence-corrected chi connectivity index (χ1v) is 9.70. The van der Waals surface area contributed by atoms with E-state index in [4.69, 9.17) is 20.8 Å². The zero-order chi connectivity index (χ0) is 20.6. The molecule has 0 saturated carbocycles. The van der Waals surface area contributed by atoms with Crippen LogP contribution in [0.1, 0.15) is 19.2 Å². The molecule has 0 radical (unpaired) electrons. The highest BCUT2D eigenvalue weighted by molar-refractivity contribution is 6.33. The third kappa shape index (κ3) is 5.79. The summed E-state index contributed by atoms with van der Waals surface area (Å²) in [6, 6.07) is 14.5. The number of benzene rings is 2. The molecule has 0 bridgehead atoms. The van der Waals surface area contributed by atoms with E-state index in [0.717, 1.165) is 13.0 Å². The summed E-state index contributed by atoms with van der Waals surface area (Å²) >= 11 is 6.19. The van der Waals surface area contributed by atoms with Crippen LogP contribution in [0.2, 0.25) is 5.02 Å². The number of nitrogens with one attached hydrogen (secondary N) is 1. The maximum absolute atomic E-state index is 12.5. The molecular formula is C21H23ClN4O3. The van der Waals surface area contributed by atoms with Gasteiger partial charge in [-0.25, -0.2) is 0 Å². The topological polar surface area (TPSA) is 80.5 Å². The summed E-state index contributed by atoms with van der Waals surface area (Å²) < 4.78 is 10.9. The van der Waals surface area contributed by atoms with Gasteiger partial charge in [-0.3, -0.25) is 9.69 Å². The average molecular weight is 415 g/mol. The number of amides is 1. The van der Waals surface area contributed by atoms with Gasteiger partial charge in [-0.05, 0) is 37.2 Å². The molecule has 3 rings (SSSR count). The molecule has 152 valence electrons. The Labute approximate surface area is 174 Å². The van der Waals surface area contributed by atoms with Crippen LogP contribution in [-0.2, 0) is 11.3 Å². The van der Waals surface area contributed by atoms with E-state index in [1.165, 1.54) is 0 Å². The molecule has 0 atom stereocenters. The fourth-order valence-electron chi connectivity index (χ4n) is 2.89. The summed E-state index contributed by atoms with van der Waals surface area (Å²) in [7, 11) is 1.59. The molecule has 1 aromatic heterocycles. The van der Waals surface area contributed by atoms with E-state index in [9.17, 15) is 4.79 Å². The molecule has 3 aromatic rings. The van der Waals surface area contributed by atoms with Crippen molar-refractivity contribution in [2.75, 3.05) is 25.5 Å². The van der Waals surface area contributed by atoms with Gasteiger partial charge in [0.05, 0.1) is 30.8 Å². The molecule has 1 heterocycles. The molecular weight excluding hydrogens is 392 g/mol. The van der Waals surface area contributed by atoms with Gasteiger partial charge in [0.25, 0.3) is 0 Å². The number of methoxy groups -OCH3 is 1. The standard InChI is InChI=1S/C21H23ClN4O3/c1-3-11-26(13-19(27)23-15-7-6-8-16(12-15)28-2)14-20-24-25-21(29-20)17-9-4-5-10-18(17)22/h4-10,12H,3,11,13-14H2,1-2H3,(H,23,27). The number of halogens is 1. The summed E-state index contributed by atoms with van der Waals surface area (Å²) in [6.07, 6.45) is 0.887. The predicted molar refractivity (Wildman–Crippen MR) is 112 cm³/mol. The van der Waals surface area contributed by atoms with E-state index in [1.807, 2.05) is 41.3 Å². The lowest BCUT2D eigenvalue weighted by Gasteiger charge is -2.19. The highest BCUT2D eigenvalue weighted by Gasteiger charge is 2.16. The van der Waals surface area contributed by atoms with Gasteiger partial charge in [0, 0.05) is 11.8 Å². The SMILES string of the molecule is CCCN(CC(=O)Nc1cccc(OC)c1)Cc1nnc(-c2ccccc2Cl)o1. The number of rotatable bonds is 9. The monoisotopic (exact) mass is 414 g/mol. The molecule has 0 spiro atoms. The van der Waals surface area contributed by atoms with Crippen molar-refractivity contribution in [1.29, 1.82) is 0 Å². The second-order valence-corrected chi connectivity index (χ2v) is 6.88. The summed E-state index contributed by atoms with van der Waals surface area (Å²) in [5, 5.41) is 11.6. The maximum atomic E-state index is 12.5. The van der Waals surface area contributed by atoms with E-state index in [2.05, 4.69) is 22.4 Å². The molecule has 0 unspecified atom stereocenters. The van der Waals surface area contributed by atoms with Crippen LogP contribution in [0.15, 0.2) is 52.9 Å². The minimum absolute atomic E-state index is 0.127. The number of ether oxygens (including phenoxy) is 1. The summed E-state index contributed by atoms with van der Waals surface area (Å²) in [6.45, 7) is 3.34. The van der Waals surface area contributed by atoms with E-state index in [0.29, 0.717) is 40.3 Å². The van der Waals surface area contributed by atoms with E-state index < -0.39 is 0 Å². The summed E-state index contributed by atoms with van der Waals surface area (Å²) in [5.74, 6) is 1.36. The Morgan fingerprint density at radius 2 is 2.03 bits per heavy atom. The molecule has 0 fully saturated rings. The van der Waals surface area contributed by atoms with Crippen molar-refractivity contribution >= 4 is 23.2 Å². The molecule has 29 heavy (non-hydrogen) atoms. The second-order valence-electron chi connectivity index (χ2n) is 6.47. The smallest absolute Gasteiger partial charge is 0.249 e. The van der Waals surface area contributed by atoms with Crippen LogP contribution in [0.25, 0.3) is 11.5 Å². The molecule has 1 N–H and O–H groups in total. The van der Waals surface area contributed by atoms with Gasteiger partial charge in [0.2, 0.25) is 17.7 Å². The Hall–Kier alpha value is -2.90. The highest BCUT2D eigenvalue weighted by Crippen LogP contribution is 2.26. The first-order valence-electron chi connectivity index (χ1n) is 9.32. The number of hydrogen-bond acceptors (Lipinski definition) is 6.